The van der Waals surface area contributed by atoms with E-state index in [1.807, 2.05) is 30.3 Å². The lowest BCUT2D eigenvalue weighted by molar-refractivity contribution is -0.144. The second-order valence-electron chi connectivity index (χ2n) is 4.92. The van der Waals surface area contributed by atoms with E-state index in [0.717, 1.165) is 5.56 Å². The van der Waals surface area contributed by atoms with Crippen molar-refractivity contribution < 1.29 is 23.9 Å². The van der Waals surface area contributed by atoms with Gasteiger partial charge in [0.05, 0.1) is 7.11 Å². The van der Waals surface area contributed by atoms with Crippen LogP contribution in [0.5, 0.6) is 0 Å². The second kappa shape index (κ2) is 8.52. The van der Waals surface area contributed by atoms with Crippen LogP contribution in [0.15, 0.2) is 35.5 Å². The summed E-state index contributed by atoms with van der Waals surface area (Å²) in [7, 11) is 1.26. The molecule has 124 valence electrons. The summed E-state index contributed by atoms with van der Waals surface area (Å²) in [5.41, 5.74) is 0.855. The maximum atomic E-state index is 11.9. The summed E-state index contributed by atoms with van der Waals surface area (Å²) in [5, 5.41) is 6.25. The van der Waals surface area contributed by atoms with E-state index in [1.54, 1.807) is 0 Å². The molecular formula is C15H17BrN2O5. The van der Waals surface area contributed by atoms with Gasteiger partial charge in [-0.25, -0.2) is 9.59 Å². The lowest BCUT2D eigenvalue weighted by Gasteiger charge is -2.18. The fourth-order valence-electron chi connectivity index (χ4n) is 2.05. The van der Waals surface area contributed by atoms with E-state index in [1.165, 1.54) is 7.11 Å². The first-order valence-electron chi connectivity index (χ1n) is 7.01. The zero-order valence-electron chi connectivity index (χ0n) is 12.5. The number of nitrogens with one attached hydrogen (secondary N) is 1. The van der Waals surface area contributed by atoms with Crippen molar-refractivity contribution in [3.63, 3.8) is 0 Å². The van der Waals surface area contributed by atoms with Crippen molar-refractivity contribution in [2.24, 2.45) is 5.16 Å². The average molecular weight is 385 g/mol. The summed E-state index contributed by atoms with van der Waals surface area (Å²) in [4.78, 5) is 28.8. The lowest BCUT2D eigenvalue weighted by atomic mass is 10.1. The molecule has 1 aromatic carbocycles. The van der Waals surface area contributed by atoms with Gasteiger partial charge in [-0.05, 0) is 21.5 Å². The van der Waals surface area contributed by atoms with Gasteiger partial charge in [0.1, 0.15) is 23.4 Å². The fraction of sp³-hybridized carbons (Fsp3) is 0.400. The van der Waals surface area contributed by atoms with Crippen molar-refractivity contribution in [2.45, 2.75) is 31.6 Å². The molecule has 1 aliphatic rings. The topological polar surface area (TPSA) is 86.2 Å². The third-order valence-corrected chi connectivity index (χ3v) is 3.65. The number of rotatable bonds is 6. The average Bonchev–Trinajstić information content (AvgIpc) is 2.97. The third-order valence-electron chi connectivity index (χ3n) is 3.19. The summed E-state index contributed by atoms with van der Waals surface area (Å²) < 4.78 is 10.5. The van der Waals surface area contributed by atoms with Crippen molar-refractivity contribution in [3.8, 4) is 0 Å². The number of benzene rings is 1. The van der Waals surface area contributed by atoms with Crippen molar-refractivity contribution in [1.82, 2.24) is 5.32 Å². The molecule has 0 radical (unpaired) electrons. The molecule has 1 amide bonds. The van der Waals surface area contributed by atoms with Gasteiger partial charge in [0.25, 0.3) is 0 Å². The minimum Gasteiger partial charge on any atom is -0.467 e. The molecule has 0 fully saturated rings. The first kappa shape index (κ1) is 17.3. The van der Waals surface area contributed by atoms with Crippen LogP contribution in [0.4, 0.5) is 4.79 Å². The molecule has 8 heteroatoms. The Morgan fingerprint density at radius 1 is 1.43 bits per heavy atom. The molecule has 1 N–H and O–H groups in total. The molecule has 0 aromatic heterocycles. The molecule has 1 aliphatic heterocycles. The number of hydrogen-bond acceptors (Lipinski definition) is 6. The first-order valence-corrected chi connectivity index (χ1v) is 7.81. The zero-order chi connectivity index (χ0) is 16.7. The van der Waals surface area contributed by atoms with Crippen LogP contribution >= 0.6 is 15.9 Å². The van der Waals surface area contributed by atoms with Crippen LogP contribution in [0.2, 0.25) is 0 Å². The number of methoxy groups -OCH3 is 1. The predicted octanol–water partition coefficient (Wildman–Crippen LogP) is 2.34. The van der Waals surface area contributed by atoms with Gasteiger partial charge >= 0.3 is 12.1 Å². The molecule has 2 atom stereocenters. The van der Waals surface area contributed by atoms with Crippen molar-refractivity contribution in [1.29, 1.82) is 0 Å². The Morgan fingerprint density at radius 3 is 2.78 bits per heavy atom. The quantitative estimate of drug-likeness (QED) is 0.760. The van der Waals surface area contributed by atoms with E-state index >= 15 is 0 Å². The van der Waals surface area contributed by atoms with Crippen molar-refractivity contribution in [3.05, 3.63) is 35.9 Å². The molecule has 0 spiro atoms. The van der Waals surface area contributed by atoms with Gasteiger partial charge in [0.15, 0.2) is 0 Å². The number of carbonyl (C=O) groups excluding carboxylic acids is 2. The maximum Gasteiger partial charge on any atom is 0.408 e. The van der Waals surface area contributed by atoms with Crippen LogP contribution in [0.1, 0.15) is 18.4 Å². The van der Waals surface area contributed by atoms with Gasteiger partial charge < -0.3 is 19.6 Å². The standard InChI is InChI=1S/C15H17BrN2O5/c1-21-14(19)12(7-11-8-13(16)18-23-11)17-15(20)22-9-10-5-3-2-4-6-10/h2-6,11-12H,7-9H2,1H3,(H,17,20). The van der Waals surface area contributed by atoms with E-state index in [-0.39, 0.29) is 19.1 Å². The summed E-state index contributed by atoms with van der Waals surface area (Å²) in [6.07, 6.45) is -0.218. The van der Waals surface area contributed by atoms with E-state index in [0.29, 0.717) is 11.0 Å². The summed E-state index contributed by atoms with van der Waals surface area (Å²) in [6.45, 7) is 0.120. The predicted molar refractivity (Wildman–Crippen MR) is 86.0 cm³/mol. The zero-order valence-corrected chi connectivity index (χ0v) is 14.1. The molecule has 23 heavy (non-hydrogen) atoms. The number of alkyl carbamates (subject to hydrolysis) is 1. The van der Waals surface area contributed by atoms with Gasteiger partial charge in [0.2, 0.25) is 0 Å². The molecule has 2 rings (SSSR count). The number of oxime groups is 1. The highest BCUT2D eigenvalue weighted by Crippen LogP contribution is 2.19. The molecule has 0 saturated carbocycles. The summed E-state index contributed by atoms with van der Waals surface area (Å²) in [6, 6.07) is 8.39. The van der Waals surface area contributed by atoms with Crippen LogP contribution in [0.3, 0.4) is 0 Å². The van der Waals surface area contributed by atoms with Gasteiger partial charge in [-0.2, -0.15) is 0 Å². The summed E-state index contributed by atoms with van der Waals surface area (Å²) >= 11 is 3.22. The van der Waals surface area contributed by atoms with Crippen LogP contribution in [-0.2, 0) is 25.7 Å². The SMILES string of the molecule is COC(=O)C(CC1CC(Br)=NO1)NC(=O)OCc1ccccc1. The molecule has 0 aliphatic carbocycles. The van der Waals surface area contributed by atoms with Gasteiger partial charge in [-0.3, -0.25) is 0 Å². The van der Waals surface area contributed by atoms with Gasteiger partial charge in [-0.1, -0.05) is 35.5 Å². The molecule has 7 nitrogen and oxygen atoms in total. The molecule has 1 aromatic rings. The Kier molecular flexibility index (Phi) is 6.40. The Bertz CT molecular complexity index is 578. The summed E-state index contributed by atoms with van der Waals surface area (Å²) in [5.74, 6) is -0.562. The molecular weight excluding hydrogens is 368 g/mol. The van der Waals surface area contributed by atoms with E-state index in [2.05, 4.69) is 26.4 Å². The highest BCUT2D eigenvalue weighted by molar-refractivity contribution is 9.18. The first-order chi connectivity index (χ1) is 11.1. The normalized spacial score (nSPS) is 17.7. The van der Waals surface area contributed by atoms with Crippen LogP contribution in [-0.4, -0.2) is 35.9 Å². The number of halogens is 1. The van der Waals surface area contributed by atoms with Gasteiger partial charge in [-0.15, -0.1) is 0 Å². The largest absolute Gasteiger partial charge is 0.467 e. The van der Waals surface area contributed by atoms with E-state index < -0.39 is 18.1 Å². The molecule has 1 heterocycles. The number of amides is 1. The number of ether oxygens (including phenoxy) is 2. The number of nitrogens with zero attached hydrogens (tertiary/aromatic N) is 1. The second-order valence-corrected chi connectivity index (χ2v) is 5.83. The number of carbonyl (C=O) groups is 2. The smallest absolute Gasteiger partial charge is 0.408 e. The number of esters is 1. The van der Waals surface area contributed by atoms with Crippen molar-refractivity contribution in [2.75, 3.05) is 7.11 Å². The Balaban J connectivity index is 1.84. The Morgan fingerprint density at radius 2 is 2.17 bits per heavy atom. The van der Waals surface area contributed by atoms with Crippen molar-refractivity contribution >= 4 is 32.6 Å². The Labute approximate surface area is 142 Å². The maximum absolute atomic E-state index is 11.9. The van der Waals surface area contributed by atoms with E-state index in [9.17, 15) is 9.59 Å². The van der Waals surface area contributed by atoms with E-state index in [4.69, 9.17) is 14.3 Å². The van der Waals surface area contributed by atoms with Gasteiger partial charge in [0, 0.05) is 12.8 Å². The highest BCUT2D eigenvalue weighted by Gasteiger charge is 2.30. The minimum atomic E-state index is -0.859. The molecule has 0 saturated heterocycles. The molecule has 2 unspecified atom stereocenters. The van der Waals surface area contributed by atoms with Crippen LogP contribution in [0.25, 0.3) is 0 Å². The third kappa shape index (κ3) is 5.55. The Hall–Kier alpha value is -2.09. The number of hydrogen-bond donors (Lipinski definition) is 1. The minimum absolute atomic E-state index is 0.120. The fourth-order valence-corrected chi connectivity index (χ4v) is 2.49. The lowest BCUT2D eigenvalue weighted by Crippen LogP contribution is -2.43. The highest BCUT2D eigenvalue weighted by atomic mass is 79.9. The van der Waals surface area contributed by atoms with Crippen LogP contribution < -0.4 is 5.32 Å². The van der Waals surface area contributed by atoms with Crippen LogP contribution in [0, 0.1) is 0 Å². The monoisotopic (exact) mass is 384 g/mol. The molecule has 0 bridgehead atoms.